The maximum atomic E-state index is 12.1. The van der Waals surface area contributed by atoms with E-state index in [4.69, 9.17) is 27.4 Å². The first-order chi connectivity index (χ1) is 14.5. The maximum absolute atomic E-state index is 12.1. The van der Waals surface area contributed by atoms with Crippen molar-refractivity contribution in [2.45, 2.75) is 43.8 Å². The van der Waals surface area contributed by atoms with Gasteiger partial charge in [-0.15, -0.1) is 0 Å². The zero-order valence-electron chi connectivity index (χ0n) is 16.7. The van der Waals surface area contributed by atoms with Gasteiger partial charge in [-0.05, 0) is 19.3 Å². The standard InChI is InChI=1S/C16H29N7O8/c17-8(2-1-5-20-16(18)19)13(28)21-6-11(25)22-10(7-24)14(29)23-9(15(30)31)3-4-12(26)27/h8-10,24H,1-7,17H2,(H,21,28)(H,22,25)(H,23,29)(H,26,27)(H,30,31)(H4,18,19,20)/t8-,9-,10-/m0/s1. The molecule has 3 atom stereocenters. The normalized spacial score (nSPS) is 13.2. The molecule has 12 N–H and O–H groups in total. The van der Waals surface area contributed by atoms with E-state index in [-0.39, 0.29) is 25.3 Å². The third kappa shape index (κ3) is 12.7. The Hall–Kier alpha value is -3.46. The number of aliphatic carboxylic acids is 2. The molecule has 0 saturated heterocycles. The van der Waals surface area contributed by atoms with Crippen molar-refractivity contribution in [3.8, 4) is 0 Å². The molecule has 0 aliphatic rings. The van der Waals surface area contributed by atoms with Crippen molar-refractivity contribution in [3.63, 3.8) is 0 Å². The van der Waals surface area contributed by atoms with Crippen molar-refractivity contribution in [2.75, 3.05) is 19.7 Å². The van der Waals surface area contributed by atoms with Gasteiger partial charge in [-0.25, -0.2) is 4.79 Å². The molecule has 0 aliphatic heterocycles. The molecule has 0 saturated carbocycles. The van der Waals surface area contributed by atoms with E-state index in [1.807, 2.05) is 5.32 Å². The highest BCUT2D eigenvalue weighted by molar-refractivity contribution is 5.92. The molecule has 0 radical (unpaired) electrons. The molecule has 15 nitrogen and oxygen atoms in total. The number of carbonyl (C=O) groups excluding carboxylic acids is 3. The van der Waals surface area contributed by atoms with Crippen LogP contribution in [0, 0.1) is 0 Å². The van der Waals surface area contributed by atoms with Crippen LogP contribution >= 0.6 is 0 Å². The molecule has 0 heterocycles. The molecule has 15 heteroatoms. The van der Waals surface area contributed by atoms with E-state index in [0.717, 1.165) is 0 Å². The number of hydrogen-bond acceptors (Lipinski definition) is 8. The molecule has 176 valence electrons. The third-order valence-corrected chi connectivity index (χ3v) is 3.82. The SMILES string of the molecule is NC(N)=NCCC[C@H](N)C(=O)NCC(=O)N[C@@H](CO)C(=O)N[C@@H](CCC(=O)O)C(=O)O. The lowest BCUT2D eigenvalue weighted by Gasteiger charge is -2.20. The fraction of sp³-hybridized carbons (Fsp3) is 0.625. The number of carboxylic acids is 2. The number of nitrogens with one attached hydrogen (secondary N) is 3. The van der Waals surface area contributed by atoms with Crippen molar-refractivity contribution < 1.29 is 39.3 Å². The van der Waals surface area contributed by atoms with Crippen LogP contribution in [0.5, 0.6) is 0 Å². The summed E-state index contributed by atoms with van der Waals surface area (Å²) in [4.78, 5) is 61.3. The molecule has 0 aliphatic carbocycles. The number of amides is 3. The predicted octanol–water partition coefficient (Wildman–Crippen LogP) is -4.61. The summed E-state index contributed by atoms with van der Waals surface area (Å²) < 4.78 is 0. The number of hydrogen-bond donors (Lipinski definition) is 9. The van der Waals surface area contributed by atoms with Gasteiger partial charge < -0.3 is 48.5 Å². The van der Waals surface area contributed by atoms with Crippen LogP contribution in [0.25, 0.3) is 0 Å². The molecule has 0 bridgehead atoms. The summed E-state index contributed by atoms with van der Waals surface area (Å²) in [6.07, 6.45) is -0.220. The van der Waals surface area contributed by atoms with Gasteiger partial charge >= 0.3 is 11.9 Å². The average Bonchev–Trinajstić information content (AvgIpc) is 2.69. The smallest absolute Gasteiger partial charge is 0.326 e. The van der Waals surface area contributed by atoms with Crippen LogP contribution in [-0.4, -0.2) is 88.8 Å². The first-order valence-corrected chi connectivity index (χ1v) is 9.21. The minimum atomic E-state index is -1.52. The van der Waals surface area contributed by atoms with Crippen LogP contribution in [-0.2, 0) is 24.0 Å². The van der Waals surface area contributed by atoms with Crippen LogP contribution in [0.3, 0.4) is 0 Å². The lowest BCUT2D eigenvalue weighted by atomic mass is 10.1. The molecule has 0 fully saturated rings. The van der Waals surface area contributed by atoms with E-state index in [1.54, 1.807) is 0 Å². The Morgan fingerprint density at radius 2 is 1.58 bits per heavy atom. The monoisotopic (exact) mass is 447 g/mol. The zero-order valence-corrected chi connectivity index (χ0v) is 16.7. The maximum Gasteiger partial charge on any atom is 0.326 e. The van der Waals surface area contributed by atoms with Gasteiger partial charge in [-0.1, -0.05) is 0 Å². The van der Waals surface area contributed by atoms with E-state index in [2.05, 4.69) is 15.6 Å². The van der Waals surface area contributed by atoms with Gasteiger partial charge in [0, 0.05) is 13.0 Å². The molecular weight excluding hydrogens is 418 g/mol. The van der Waals surface area contributed by atoms with E-state index in [9.17, 15) is 29.1 Å². The summed E-state index contributed by atoms with van der Waals surface area (Å²) in [5.74, 6) is -5.32. The first kappa shape index (κ1) is 27.5. The van der Waals surface area contributed by atoms with E-state index < -0.39 is 67.4 Å². The average molecular weight is 447 g/mol. The second kappa shape index (κ2) is 14.5. The predicted molar refractivity (Wildman–Crippen MR) is 106 cm³/mol. The summed E-state index contributed by atoms with van der Waals surface area (Å²) in [6.45, 7) is -1.13. The summed E-state index contributed by atoms with van der Waals surface area (Å²) in [7, 11) is 0. The number of nitrogens with two attached hydrogens (primary N) is 3. The van der Waals surface area contributed by atoms with Crippen molar-refractivity contribution in [2.24, 2.45) is 22.2 Å². The van der Waals surface area contributed by atoms with Crippen LogP contribution < -0.4 is 33.2 Å². The van der Waals surface area contributed by atoms with Gasteiger partial charge in [0.05, 0.1) is 19.2 Å². The number of nitrogens with zero attached hydrogens (tertiary/aromatic N) is 1. The highest BCUT2D eigenvalue weighted by Gasteiger charge is 2.26. The quantitative estimate of drug-likeness (QED) is 0.0654. The molecular formula is C16H29N7O8. The van der Waals surface area contributed by atoms with Gasteiger partial charge in [-0.3, -0.25) is 24.2 Å². The lowest BCUT2D eigenvalue weighted by Crippen LogP contribution is -2.55. The van der Waals surface area contributed by atoms with E-state index in [0.29, 0.717) is 6.42 Å². The van der Waals surface area contributed by atoms with Gasteiger partial charge in [0.15, 0.2) is 5.96 Å². The lowest BCUT2D eigenvalue weighted by molar-refractivity contribution is -0.143. The van der Waals surface area contributed by atoms with E-state index >= 15 is 0 Å². The fourth-order valence-electron chi connectivity index (χ4n) is 2.19. The second-order valence-corrected chi connectivity index (χ2v) is 6.41. The van der Waals surface area contributed by atoms with Crippen LogP contribution in [0.15, 0.2) is 4.99 Å². The largest absolute Gasteiger partial charge is 0.481 e. The minimum absolute atomic E-state index is 0.0891. The molecule has 0 aromatic rings. The molecule has 0 unspecified atom stereocenters. The Bertz CT molecular complexity index is 681. The minimum Gasteiger partial charge on any atom is -0.481 e. The molecule has 0 aromatic carbocycles. The molecule has 0 spiro atoms. The third-order valence-electron chi connectivity index (χ3n) is 3.82. The Labute approximate surface area is 177 Å². The Kier molecular flexibility index (Phi) is 12.9. The number of guanidine groups is 1. The first-order valence-electron chi connectivity index (χ1n) is 9.21. The summed E-state index contributed by atoms with van der Waals surface area (Å²) >= 11 is 0. The number of rotatable bonds is 15. The molecule has 3 amide bonds. The number of aliphatic hydroxyl groups excluding tert-OH is 1. The topological polar surface area (TPSA) is 273 Å². The second-order valence-electron chi connectivity index (χ2n) is 6.41. The van der Waals surface area contributed by atoms with Crippen molar-refractivity contribution in [1.29, 1.82) is 0 Å². The van der Waals surface area contributed by atoms with Gasteiger partial charge in [0.25, 0.3) is 0 Å². The number of aliphatic hydroxyl groups is 1. The number of carbonyl (C=O) groups is 5. The Balaban J connectivity index is 4.53. The van der Waals surface area contributed by atoms with Crippen molar-refractivity contribution >= 4 is 35.6 Å². The molecule has 0 aromatic heterocycles. The Morgan fingerprint density at radius 1 is 0.935 bits per heavy atom. The fourth-order valence-corrected chi connectivity index (χ4v) is 2.19. The van der Waals surface area contributed by atoms with Gasteiger partial charge in [-0.2, -0.15) is 0 Å². The summed E-state index contributed by atoms with van der Waals surface area (Å²) in [5, 5.41) is 33.4. The number of carboxylic acid groups (broad SMARTS) is 2. The number of aliphatic imine (C=N–C) groups is 1. The van der Waals surface area contributed by atoms with Gasteiger partial charge in [0.1, 0.15) is 12.1 Å². The van der Waals surface area contributed by atoms with Crippen LogP contribution in [0.2, 0.25) is 0 Å². The van der Waals surface area contributed by atoms with Crippen molar-refractivity contribution in [1.82, 2.24) is 16.0 Å². The van der Waals surface area contributed by atoms with Crippen LogP contribution in [0.1, 0.15) is 25.7 Å². The Morgan fingerprint density at radius 3 is 2.10 bits per heavy atom. The highest BCUT2D eigenvalue weighted by atomic mass is 16.4. The highest BCUT2D eigenvalue weighted by Crippen LogP contribution is 1.99. The van der Waals surface area contributed by atoms with E-state index in [1.165, 1.54) is 0 Å². The molecule has 0 rings (SSSR count). The summed E-state index contributed by atoms with van der Waals surface area (Å²) in [6, 6.07) is -3.96. The summed E-state index contributed by atoms with van der Waals surface area (Å²) in [5.41, 5.74) is 16.0. The van der Waals surface area contributed by atoms with Gasteiger partial charge in [0.2, 0.25) is 17.7 Å². The molecule has 31 heavy (non-hydrogen) atoms. The van der Waals surface area contributed by atoms with Crippen LogP contribution in [0.4, 0.5) is 0 Å². The zero-order chi connectivity index (χ0) is 24.0. The van der Waals surface area contributed by atoms with Crippen molar-refractivity contribution in [3.05, 3.63) is 0 Å².